The van der Waals surface area contributed by atoms with Gasteiger partial charge in [0, 0.05) is 6.04 Å². The fraction of sp³-hybridized carbons (Fsp3) is 0.333. The molecule has 0 heterocycles. The number of nitrogens with one attached hydrogen (secondary N) is 1. The van der Waals surface area contributed by atoms with E-state index in [1.807, 2.05) is 19.2 Å². The third-order valence-electron chi connectivity index (χ3n) is 3.88. The van der Waals surface area contributed by atoms with Gasteiger partial charge >= 0.3 is 0 Å². The van der Waals surface area contributed by atoms with Crippen LogP contribution in [-0.4, -0.2) is 14.2 Å². The van der Waals surface area contributed by atoms with Gasteiger partial charge in [-0.1, -0.05) is 30.3 Å². The van der Waals surface area contributed by atoms with Crippen molar-refractivity contribution in [2.45, 2.75) is 26.3 Å². The van der Waals surface area contributed by atoms with E-state index in [0.29, 0.717) is 6.04 Å². The summed E-state index contributed by atoms with van der Waals surface area (Å²) in [6, 6.07) is 15.3. The van der Waals surface area contributed by atoms with E-state index in [-0.39, 0.29) is 0 Å². The molecule has 2 aromatic rings. The topological polar surface area (TPSA) is 21.3 Å². The highest BCUT2D eigenvalue weighted by Gasteiger charge is 2.11. The van der Waals surface area contributed by atoms with E-state index >= 15 is 0 Å². The second-order valence-electron chi connectivity index (χ2n) is 5.24. The standard InChI is InChI=1S/C18H23NO/c1-13-5-8-16(11-14(13)2)18(19-3)12-15-6-9-17(20-4)10-7-15/h5-11,18-19H,12H2,1-4H3. The van der Waals surface area contributed by atoms with Crippen LogP contribution in [-0.2, 0) is 6.42 Å². The lowest BCUT2D eigenvalue weighted by Crippen LogP contribution is -2.19. The van der Waals surface area contributed by atoms with Gasteiger partial charge in [0.1, 0.15) is 5.75 Å². The van der Waals surface area contributed by atoms with E-state index in [2.05, 4.69) is 49.5 Å². The Bertz CT molecular complexity index is 560. The number of likely N-dealkylation sites (N-methyl/N-ethyl adjacent to an activating group) is 1. The zero-order valence-corrected chi connectivity index (χ0v) is 12.7. The van der Waals surface area contributed by atoms with E-state index in [0.717, 1.165) is 12.2 Å². The Morgan fingerprint density at radius 1 is 1.00 bits per heavy atom. The lowest BCUT2D eigenvalue weighted by Gasteiger charge is -2.18. The third kappa shape index (κ3) is 3.40. The van der Waals surface area contributed by atoms with E-state index < -0.39 is 0 Å². The van der Waals surface area contributed by atoms with Crippen LogP contribution in [0.5, 0.6) is 5.75 Å². The summed E-state index contributed by atoms with van der Waals surface area (Å²) in [5, 5.41) is 3.41. The minimum Gasteiger partial charge on any atom is -0.497 e. The fourth-order valence-corrected chi connectivity index (χ4v) is 2.37. The smallest absolute Gasteiger partial charge is 0.118 e. The maximum absolute atomic E-state index is 5.20. The predicted molar refractivity (Wildman–Crippen MR) is 84.4 cm³/mol. The van der Waals surface area contributed by atoms with Crippen LogP contribution in [0.2, 0.25) is 0 Å². The summed E-state index contributed by atoms with van der Waals surface area (Å²) in [5.74, 6) is 0.904. The quantitative estimate of drug-likeness (QED) is 0.891. The van der Waals surface area contributed by atoms with Gasteiger partial charge in [-0.3, -0.25) is 0 Å². The van der Waals surface area contributed by atoms with Gasteiger partial charge < -0.3 is 10.1 Å². The molecule has 0 saturated heterocycles. The highest BCUT2D eigenvalue weighted by atomic mass is 16.5. The van der Waals surface area contributed by atoms with Crippen LogP contribution in [0.15, 0.2) is 42.5 Å². The Morgan fingerprint density at radius 2 is 1.70 bits per heavy atom. The first kappa shape index (κ1) is 14.6. The van der Waals surface area contributed by atoms with E-state index in [9.17, 15) is 0 Å². The highest BCUT2D eigenvalue weighted by molar-refractivity contribution is 5.34. The summed E-state index contributed by atoms with van der Waals surface area (Å²) in [7, 11) is 3.71. The number of hydrogen-bond acceptors (Lipinski definition) is 2. The van der Waals surface area contributed by atoms with Crippen LogP contribution < -0.4 is 10.1 Å². The Balaban J connectivity index is 2.16. The first-order chi connectivity index (χ1) is 9.63. The summed E-state index contributed by atoms with van der Waals surface area (Å²) in [4.78, 5) is 0. The van der Waals surface area contributed by atoms with Gasteiger partial charge in [0.05, 0.1) is 7.11 Å². The Kier molecular flexibility index (Phi) is 4.80. The second-order valence-corrected chi connectivity index (χ2v) is 5.24. The monoisotopic (exact) mass is 269 g/mol. The van der Waals surface area contributed by atoms with Gasteiger partial charge in [0.2, 0.25) is 0 Å². The second kappa shape index (κ2) is 6.58. The molecule has 0 aliphatic carbocycles. The fourth-order valence-electron chi connectivity index (χ4n) is 2.37. The largest absolute Gasteiger partial charge is 0.497 e. The van der Waals surface area contributed by atoms with Crippen LogP contribution in [0.1, 0.15) is 28.3 Å². The molecule has 2 rings (SSSR count). The van der Waals surface area contributed by atoms with E-state index in [1.165, 1.54) is 22.3 Å². The van der Waals surface area contributed by atoms with Gasteiger partial charge in [-0.25, -0.2) is 0 Å². The van der Waals surface area contributed by atoms with Crippen molar-refractivity contribution in [1.29, 1.82) is 0 Å². The molecule has 0 radical (unpaired) electrons. The Labute approximate surface area is 121 Å². The molecule has 1 N–H and O–H groups in total. The molecule has 0 aliphatic rings. The van der Waals surface area contributed by atoms with Crippen molar-refractivity contribution in [3.63, 3.8) is 0 Å². The van der Waals surface area contributed by atoms with Crippen molar-refractivity contribution in [3.8, 4) is 5.75 Å². The van der Waals surface area contributed by atoms with E-state index in [1.54, 1.807) is 7.11 Å². The van der Waals surface area contributed by atoms with Crippen LogP contribution in [0.4, 0.5) is 0 Å². The van der Waals surface area contributed by atoms with Crippen LogP contribution in [0, 0.1) is 13.8 Å². The molecule has 2 aromatic carbocycles. The number of hydrogen-bond donors (Lipinski definition) is 1. The van der Waals surface area contributed by atoms with Gasteiger partial charge in [-0.05, 0) is 61.7 Å². The maximum atomic E-state index is 5.20. The summed E-state index contributed by atoms with van der Waals surface area (Å²) >= 11 is 0. The average molecular weight is 269 g/mol. The molecule has 0 aromatic heterocycles. The Hall–Kier alpha value is -1.80. The highest BCUT2D eigenvalue weighted by Crippen LogP contribution is 2.22. The molecule has 1 unspecified atom stereocenters. The van der Waals surface area contributed by atoms with Gasteiger partial charge in [-0.15, -0.1) is 0 Å². The molecule has 0 aliphatic heterocycles. The van der Waals surface area contributed by atoms with Crippen molar-refractivity contribution in [1.82, 2.24) is 5.32 Å². The summed E-state index contributed by atoms with van der Waals surface area (Å²) in [6.45, 7) is 4.32. The lowest BCUT2D eigenvalue weighted by atomic mass is 9.96. The van der Waals surface area contributed by atoms with Crippen LogP contribution >= 0.6 is 0 Å². The first-order valence-corrected chi connectivity index (χ1v) is 7.01. The molecular weight excluding hydrogens is 246 g/mol. The van der Waals surface area contributed by atoms with Gasteiger partial charge in [0.25, 0.3) is 0 Å². The summed E-state index contributed by atoms with van der Waals surface area (Å²) in [6.07, 6.45) is 0.975. The third-order valence-corrected chi connectivity index (χ3v) is 3.88. The van der Waals surface area contributed by atoms with Crippen molar-refractivity contribution < 1.29 is 4.74 Å². The lowest BCUT2D eigenvalue weighted by molar-refractivity contribution is 0.414. The number of aryl methyl sites for hydroxylation is 2. The molecule has 106 valence electrons. The average Bonchev–Trinajstić information content (AvgIpc) is 2.48. The summed E-state index contributed by atoms with van der Waals surface area (Å²) in [5.41, 5.74) is 5.33. The van der Waals surface area contributed by atoms with E-state index in [4.69, 9.17) is 4.74 Å². The number of benzene rings is 2. The van der Waals surface area contributed by atoms with Crippen LogP contribution in [0.25, 0.3) is 0 Å². The number of rotatable bonds is 5. The molecule has 1 atom stereocenters. The molecule has 2 nitrogen and oxygen atoms in total. The molecule has 20 heavy (non-hydrogen) atoms. The normalized spacial score (nSPS) is 12.2. The SMILES string of the molecule is CNC(Cc1ccc(OC)cc1)c1ccc(C)c(C)c1. The zero-order chi connectivity index (χ0) is 14.5. The molecule has 0 fully saturated rings. The number of ether oxygens (including phenoxy) is 1. The Morgan fingerprint density at radius 3 is 2.25 bits per heavy atom. The minimum atomic E-state index is 0.336. The van der Waals surface area contributed by atoms with Crippen molar-refractivity contribution >= 4 is 0 Å². The molecular formula is C18H23NO. The minimum absolute atomic E-state index is 0.336. The van der Waals surface area contributed by atoms with Gasteiger partial charge in [-0.2, -0.15) is 0 Å². The molecule has 0 bridgehead atoms. The maximum Gasteiger partial charge on any atom is 0.118 e. The van der Waals surface area contributed by atoms with Gasteiger partial charge in [0.15, 0.2) is 0 Å². The zero-order valence-electron chi connectivity index (χ0n) is 12.7. The summed E-state index contributed by atoms with van der Waals surface area (Å²) < 4.78 is 5.20. The molecule has 0 amide bonds. The molecule has 2 heteroatoms. The first-order valence-electron chi connectivity index (χ1n) is 7.01. The predicted octanol–water partition coefficient (Wildman–Crippen LogP) is 3.82. The van der Waals surface area contributed by atoms with Crippen molar-refractivity contribution in [2.24, 2.45) is 0 Å². The molecule has 0 saturated carbocycles. The van der Waals surface area contributed by atoms with Crippen LogP contribution in [0.3, 0.4) is 0 Å². The van der Waals surface area contributed by atoms with Crippen molar-refractivity contribution in [2.75, 3.05) is 14.2 Å². The number of methoxy groups -OCH3 is 1. The van der Waals surface area contributed by atoms with Crippen molar-refractivity contribution in [3.05, 3.63) is 64.7 Å². The molecule has 0 spiro atoms.